The third kappa shape index (κ3) is 5.06. The van der Waals surface area contributed by atoms with Crippen molar-refractivity contribution < 1.29 is 14.4 Å². The van der Waals surface area contributed by atoms with Crippen LogP contribution < -0.4 is 10.9 Å². The lowest BCUT2D eigenvalue weighted by Crippen LogP contribution is -2.24. The molecule has 166 valence electrons. The van der Waals surface area contributed by atoms with E-state index >= 15 is 0 Å². The Kier molecular flexibility index (Phi) is 7.43. The second-order valence-electron chi connectivity index (χ2n) is 7.32. The number of hydrogen-bond donors (Lipinski definition) is 3. The summed E-state index contributed by atoms with van der Waals surface area (Å²) in [7, 11) is 0. The number of H-pyrrole nitrogens is 1. The number of halogens is 2. The molecule has 1 heterocycles. The van der Waals surface area contributed by atoms with Gasteiger partial charge in [-0.15, -0.1) is 0 Å². The highest BCUT2D eigenvalue weighted by Crippen LogP contribution is 2.35. The highest BCUT2D eigenvalue weighted by molar-refractivity contribution is 6.31. The summed E-state index contributed by atoms with van der Waals surface area (Å²) in [6.07, 6.45) is 1.64. The molecule has 1 amide bonds. The van der Waals surface area contributed by atoms with Crippen LogP contribution >= 0.6 is 11.6 Å². The molecule has 0 spiro atoms. The molecular formula is C24H23ClFN3O3. The van der Waals surface area contributed by atoms with Gasteiger partial charge in [-0.25, -0.2) is 4.39 Å². The zero-order valence-corrected chi connectivity index (χ0v) is 18.4. The number of oxime groups is 1. The fourth-order valence-electron chi connectivity index (χ4n) is 3.53. The van der Waals surface area contributed by atoms with Gasteiger partial charge < -0.3 is 15.5 Å². The molecule has 3 N–H and O–H groups in total. The van der Waals surface area contributed by atoms with Crippen molar-refractivity contribution in [3.05, 3.63) is 104 Å². The van der Waals surface area contributed by atoms with E-state index in [1.807, 2.05) is 12.1 Å². The van der Waals surface area contributed by atoms with E-state index in [1.165, 1.54) is 18.3 Å². The molecule has 1 unspecified atom stereocenters. The number of aromatic nitrogens is 1. The van der Waals surface area contributed by atoms with Crippen LogP contribution in [-0.2, 0) is 0 Å². The lowest BCUT2D eigenvalue weighted by molar-refractivity contribution is 0.0952. The summed E-state index contributed by atoms with van der Waals surface area (Å²) in [5, 5.41) is 16.2. The van der Waals surface area contributed by atoms with Crippen molar-refractivity contribution in [2.45, 2.75) is 26.2 Å². The Morgan fingerprint density at radius 2 is 2.00 bits per heavy atom. The molecule has 8 heteroatoms. The highest BCUT2D eigenvalue weighted by atomic mass is 35.5. The van der Waals surface area contributed by atoms with E-state index in [4.69, 9.17) is 11.6 Å². The number of aromatic amines is 1. The van der Waals surface area contributed by atoms with Crippen molar-refractivity contribution in [1.29, 1.82) is 0 Å². The van der Waals surface area contributed by atoms with Crippen LogP contribution in [0, 0.1) is 12.7 Å². The van der Waals surface area contributed by atoms with Gasteiger partial charge in [0.15, 0.2) is 0 Å². The predicted octanol–water partition coefficient (Wildman–Crippen LogP) is 4.63. The van der Waals surface area contributed by atoms with Gasteiger partial charge in [0.1, 0.15) is 5.82 Å². The Labute approximate surface area is 189 Å². The molecule has 1 atom stereocenters. The van der Waals surface area contributed by atoms with Crippen LogP contribution in [0.4, 0.5) is 4.39 Å². The topological polar surface area (TPSA) is 94.5 Å². The maximum Gasteiger partial charge on any atom is 0.254 e. The molecule has 0 bridgehead atoms. The maximum absolute atomic E-state index is 14.8. The number of pyridine rings is 1. The summed E-state index contributed by atoms with van der Waals surface area (Å²) in [5.74, 6) is -1.63. The van der Waals surface area contributed by atoms with Crippen molar-refractivity contribution in [1.82, 2.24) is 10.3 Å². The van der Waals surface area contributed by atoms with E-state index in [0.29, 0.717) is 39.5 Å². The van der Waals surface area contributed by atoms with Gasteiger partial charge in [-0.1, -0.05) is 41.0 Å². The first-order valence-electron chi connectivity index (χ1n) is 10.1. The first kappa shape index (κ1) is 23.2. The Bertz CT molecular complexity index is 1220. The van der Waals surface area contributed by atoms with Crippen LogP contribution in [0.15, 0.2) is 64.7 Å². The van der Waals surface area contributed by atoms with Crippen LogP contribution in [-0.4, -0.2) is 28.4 Å². The van der Waals surface area contributed by atoms with E-state index in [1.54, 1.807) is 38.1 Å². The van der Waals surface area contributed by atoms with Crippen LogP contribution in [0.5, 0.6) is 0 Å². The maximum atomic E-state index is 14.8. The molecule has 0 saturated carbocycles. The molecule has 2 aromatic carbocycles. The van der Waals surface area contributed by atoms with Gasteiger partial charge in [0.25, 0.3) is 11.5 Å². The minimum absolute atomic E-state index is 0.0548. The van der Waals surface area contributed by atoms with Gasteiger partial charge in [-0.2, -0.15) is 0 Å². The van der Waals surface area contributed by atoms with Crippen molar-refractivity contribution >= 4 is 23.2 Å². The number of aryl methyl sites for hydroxylation is 1. The molecule has 32 heavy (non-hydrogen) atoms. The average molecular weight is 456 g/mol. The van der Waals surface area contributed by atoms with Gasteiger partial charge in [-0.05, 0) is 49.2 Å². The van der Waals surface area contributed by atoms with Gasteiger partial charge in [0, 0.05) is 41.2 Å². The molecule has 1 aromatic heterocycles. The molecular weight excluding hydrogens is 433 g/mol. The summed E-state index contributed by atoms with van der Waals surface area (Å²) >= 11 is 6.44. The summed E-state index contributed by atoms with van der Waals surface area (Å²) < 4.78 is 14.8. The number of amides is 1. The molecule has 3 aromatic rings. The van der Waals surface area contributed by atoms with Crippen molar-refractivity contribution in [3.63, 3.8) is 0 Å². The smallest absolute Gasteiger partial charge is 0.254 e. The largest absolute Gasteiger partial charge is 0.411 e. The summed E-state index contributed by atoms with van der Waals surface area (Å²) in [6, 6.07) is 13.1. The Hall–Kier alpha value is -3.45. The fourth-order valence-corrected chi connectivity index (χ4v) is 3.79. The van der Waals surface area contributed by atoms with Crippen molar-refractivity contribution in [2.24, 2.45) is 5.16 Å². The first-order valence-corrected chi connectivity index (χ1v) is 10.5. The van der Waals surface area contributed by atoms with Crippen molar-refractivity contribution in [3.8, 4) is 0 Å². The third-order valence-corrected chi connectivity index (χ3v) is 5.54. The first-order chi connectivity index (χ1) is 15.3. The summed E-state index contributed by atoms with van der Waals surface area (Å²) in [6.45, 7) is 3.79. The fraction of sp³-hybridized carbons (Fsp3) is 0.208. The minimum Gasteiger partial charge on any atom is -0.411 e. The minimum atomic E-state index is -0.659. The van der Waals surface area contributed by atoms with E-state index in [2.05, 4.69) is 15.5 Å². The van der Waals surface area contributed by atoms with Crippen LogP contribution in [0.3, 0.4) is 0 Å². The summed E-state index contributed by atoms with van der Waals surface area (Å²) in [5.41, 5.74) is 2.27. The molecule has 0 aliphatic heterocycles. The number of carbonyl (C=O) groups excluding carboxylic acids is 1. The molecule has 0 aliphatic rings. The Balaban J connectivity index is 2.06. The second kappa shape index (κ2) is 10.2. The SMILES string of the molecule is CCNC(=O)c1ccc(C(C/C(=N\O)c2c[nH]c(=O)c(C)c2)c2ccccc2Cl)cc1F. The Morgan fingerprint density at radius 3 is 2.62 bits per heavy atom. The van der Waals surface area contributed by atoms with E-state index in [-0.39, 0.29) is 17.5 Å². The quantitative estimate of drug-likeness (QED) is 0.275. The zero-order chi connectivity index (χ0) is 23.3. The van der Waals surface area contributed by atoms with Gasteiger partial charge in [-0.3, -0.25) is 9.59 Å². The normalized spacial score (nSPS) is 12.4. The third-order valence-electron chi connectivity index (χ3n) is 5.20. The number of nitrogens with zero attached hydrogens (tertiary/aromatic N) is 1. The van der Waals surface area contributed by atoms with Gasteiger partial charge in [0.05, 0.1) is 11.3 Å². The Morgan fingerprint density at radius 1 is 1.25 bits per heavy atom. The lowest BCUT2D eigenvalue weighted by Gasteiger charge is -2.21. The zero-order valence-electron chi connectivity index (χ0n) is 17.7. The van der Waals surface area contributed by atoms with Crippen LogP contribution in [0.25, 0.3) is 0 Å². The van der Waals surface area contributed by atoms with Crippen molar-refractivity contribution in [2.75, 3.05) is 6.54 Å². The van der Waals surface area contributed by atoms with E-state index in [0.717, 1.165) is 0 Å². The van der Waals surface area contributed by atoms with E-state index < -0.39 is 17.6 Å². The number of hydrogen-bond acceptors (Lipinski definition) is 4. The number of rotatable bonds is 7. The van der Waals surface area contributed by atoms with Gasteiger partial charge >= 0.3 is 0 Å². The number of benzene rings is 2. The average Bonchev–Trinajstić information content (AvgIpc) is 2.77. The monoisotopic (exact) mass is 455 g/mol. The molecule has 3 rings (SSSR count). The second-order valence-corrected chi connectivity index (χ2v) is 7.73. The van der Waals surface area contributed by atoms with E-state index in [9.17, 15) is 19.2 Å². The highest BCUT2D eigenvalue weighted by Gasteiger charge is 2.23. The lowest BCUT2D eigenvalue weighted by atomic mass is 9.85. The molecule has 6 nitrogen and oxygen atoms in total. The summed E-state index contributed by atoms with van der Waals surface area (Å²) in [4.78, 5) is 26.4. The number of carbonyl (C=O) groups is 1. The molecule has 0 saturated heterocycles. The number of nitrogens with one attached hydrogen (secondary N) is 2. The molecule has 0 fully saturated rings. The van der Waals surface area contributed by atoms with Gasteiger partial charge in [0.2, 0.25) is 0 Å². The van der Waals surface area contributed by atoms with Crippen LogP contribution in [0.2, 0.25) is 5.02 Å². The molecule has 0 radical (unpaired) electrons. The molecule has 0 aliphatic carbocycles. The predicted molar refractivity (Wildman–Crippen MR) is 122 cm³/mol. The van der Waals surface area contributed by atoms with Crippen LogP contribution in [0.1, 0.15) is 51.9 Å². The standard InChI is InChI=1S/C24H23ClFN3O3/c1-3-27-24(31)18-9-8-15(11-21(18)26)19(17-6-4-5-7-20(17)25)12-22(29-32)16-10-14(2)23(30)28-13-16/h4-11,13,19,32H,3,12H2,1-2H3,(H,27,31)(H,28,30)/b29-22+.